The first-order valence-corrected chi connectivity index (χ1v) is 10.0. The zero-order chi connectivity index (χ0) is 20.6. The van der Waals surface area contributed by atoms with E-state index in [2.05, 4.69) is 74.1 Å². The summed E-state index contributed by atoms with van der Waals surface area (Å²) in [5.41, 5.74) is 6.67. The minimum atomic E-state index is -1.27. The highest BCUT2D eigenvalue weighted by Crippen LogP contribution is 2.33. The Labute approximate surface area is 166 Å². The van der Waals surface area contributed by atoms with Gasteiger partial charge >= 0.3 is 0 Å². The van der Waals surface area contributed by atoms with Crippen LogP contribution in [-0.2, 0) is 13.4 Å². The lowest BCUT2D eigenvalue weighted by Gasteiger charge is -2.11. The van der Waals surface area contributed by atoms with E-state index >= 15 is 0 Å². The molecule has 0 bridgehead atoms. The second-order valence-corrected chi connectivity index (χ2v) is 8.07. The molecule has 1 aliphatic carbocycles. The van der Waals surface area contributed by atoms with E-state index in [1.807, 2.05) is 18.2 Å². The van der Waals surface area contributed by atoms with Gasteiger partial charge in [-0.3, -0.25) is 0 Å². The maximum atomic E-state index is 8.79. The molecule has 0 N–H and O–H groups in total. The molecule has 2 unspecified atom stereocenters. The number of nitrogens with zero attached hydrogens (tertiary/aromatic N) is 1. The first kappa shape index (κ1) is 15.6. The zero-order valence-corrected chi connectivity index (χ0v) is 16.6. The summed E-state index contributed by atoms with van der Waals surface area (Å²) < 4.78 is 19.7. The number of hydrogen-bond acceptors (Lipinski definition) is 0. The van der Waals surface area contributed by atoms with E-state index in [1.54, 1.807) is 0 Å². The van der Waals surface area contributed by atoms with Gasteiger partial charge in [0.15, 0.2) is 6.20 Å². The van der Waals surface area contributed by atoms with Crippen molar-refractivity contribution < 1.29 is 7.31 Å². The molecular formula is C26H30N+. The maximum Gasteiger partial charge on any atom is 0.212 e. The van der Waals surface area contributed by atoms with Crippen molar-refractivity contribution in [3.05, 3.63) is 78.0 Å². The monoisotopic (exact) mass is 358 g/mol. The Kier molecular flexibility index (Phi) is 4.45. The largest absolute Gasteiger partial charge is 0.212 e. The summed E-state index contributed by atoms with van der Waals surface area (Å²) in [6.45, 7) is 4.38. The molecule has 1 fully saturated rings. The van der Waals surface area contributed by atoms with Crippen LogP contribution in [0.1, 0.15) is 40.1 Å². The third-order valence-corrected chi connectivity index (χ3v) is 5.82. The van der Waals surface area contributed by atoms with Crippen molar-refractivity contribution in [2.24, 2.45) is 18.9 Å². The second-order valence-electron chi connectivity index (χ2n) is 8.07. The summed E-state index contributed by atoms with van der Waals surface area (Å²) >= 11 is 0. The molecule has 27 heavy (non-hydrogen) atoms. The predicted octanol–water partition coefficient (Wildman–Crippen LogP) is 6.13. The smallest absolute Gasteiger partial charge is 0.200 e. The van der Waals surface area contributed by atoms with Crippen molar-refractivity contribution in [3.8, 4) is 22.4 Å². The van der Waals surface area contributed by atoms with Gasteiger partial charge in [-0.25, -0.2) is 4.57 Å². The molecular weight excluding hydrogens is 326 g/mol. The van der Waals surface area contributed by atoms with Crippen molar-refractivity contribution >= 4 is 0 Å². The third-order valence-electron chi connectivity index (χ3n) is 5.82. The summed E-state index contributed by atoms with van der Waals surface area (Å²) in [5.74, 6) is 0.749. The second kappa shape index (κ2) is 7.68. The number of pyridine rings is 1. The summed E-state index contributed by atoms with van der Waals surface area (Å²) in [6.07, 6.45) is 3.98. The van der Waals surface area contributed by atoms with Crippen LogP contribution in [0.25, 0.3) is 22.4 Å². The van der Waals surface area contributed by atoms with Gasteiger partial charge in [0.05, 0.1) is 0 Å². The fourth-order valence-corrected chi connectivity index (χ4v) is 4.28. The molecule has 1 nitrogen and oxygen atoms in total. The molecule has 1 heterocycles. The maximum absolute atomic E-state index is 8.79. The summed E-state index contributed by atoms with van der Waals surface area (Å²) in [4.78, 5) is 0. The number of aryl methyl sites for hydroxylation is 2. The minimum absolute atomic E-state index is 0.118. The molecule has 4 rings (SSSR count). The van der Waals surface area contributed by atoms with Gasteiger partial charge < -0.3 is 0 Å². The lowest BCUT2D eigenvalue weighted by Crippen LogP contribution is -2.30. The van der Waals surface area contributed by atoms with Gasteiger partial charge in [-0.1, -0.05) is 55.8 Å². The molecule has 0 spiro atoms. The highest BCUT2D eigenvalue weighted by Gasteiger charge is 2.21. The van der Waals surface area contributed by atoms with Crippen LogP contribution in [0.4, 0.5) is 0 Å². The molecule has 1 heteroatoms. The first-order chi connectivity index (χ1) is 13.9. The van der Waals surface area contributed by atoms with E-state index in [1.165, 1.54) is 16.8 Å². The number of rotatable bonds is 4. The Bertz CT molecular complexity index is 1020. The lowest BCUT2D eigenvalue weighted by atomic mass is 9.94. The molecule has 0 amide bonds. The van der Waals surface area contributed by atoms with Gasteiger partial charge in [0.1, 0.15) is 7.05 Å². The van der Waals surface area contributed by atoms with Crippen molar-refractivity contribution in [1.82, 2.24) is 0 Å². The zero-order valence-electron chi connectivity index (χ0n) is 18.6. The van der Waals surface area contributed by atoms with Gasteiger partial charge in [0.2, 0.25) is 5.69 Å². The minimum Gasteiger partial charge on any atom is -0.200 e. The highest BCUT2D eigenvalue weighted by molar-refractivity contribution is 5.66. The van der Waals surface area contributed by atoms with Crippen molar-refractivity contribution in [2.75, 3.05) is 0 Å². The quantitative estimate of drug-likeness (QED) is 0.494. The van der Waals surface area contributed by atoms with Crippen LogP contribution in [0, 0.1) is 18.8 Å². The lowest BCUT2D eigenvalue weighted by molar-refractivity contribution is -0.659. The van der Waals surface area contributed by atoms with Crippen LogP contribution in [0.3, 0.4) is 0 Å². The van der Waals surface area contributed by atoms with Gasteiger partial charge in [-0.15, -0.1) is 0 Å². The fraction of sp³-hybridized carbons (Fsp3) is 0.346. The SMILES string of the molecule is [2H]C([2H])(c1cccc(-c2ccc(-c3ccccc3C)[n+](C)c2)c1)C1CCC(C)C1. The van der Waals surface area contributed by atoms with Crippen molar-refractivity contribution in [1.29, 1.82) is 0 Å². The molecule has 0 radical (unpaired) electrons. The molecule has 0 saturated heterocycles. The van der Waals surface area contributed by atoms with Gasteiger partial charge in [-0.05, 0) is 66.8 Å². The molecule has 2 atom stereocenters. The van der Waals surface area contributed by atoms with E-state index in [0.717, 1.165) is 36.0 Å². The van der Waals surface area contributed by atoms with Crippen LogP contribution in [0.5, 0.6) is 0 Å². The normalized spacial score (nSPS) is 21.0. The number of aromatic nitrogens is 1. The predicted molar refractivity (Wildman–Crippen MR) is 113 cm³/mol. The van der Waals surface area contributed by atoms with Crippen LogP contribution >= 0.6 is 0 Å². The standard InChI is InChI=1S/C26H30N/c1-19-11-12-22(15-19)16-21-8-6-9-23(17-21)24-13-14-26(27(3)18-24)25-10-5-4-7-20(25)2/h4-10,13-14,17-19,22H,11-12,15-16H2,1-3H3/q+1/i16D2. The van der Waals surface area contributed by atoms with Crippen LogP contribution in [0.2, 0.25) is 0 Å². The van der Waals surface area contributed by atoms with Gasteiger partial charge in [-0.2, -0.15) is 0 Å². The van der Waals surface area contributed by atoms with E-state index in [9.17, 15) is 0 Å². The summed E-state index contributed by atoms with van der Waals surface area (Å²) in [5, 5.41) is 0. The van der Waals surface area contributed by atoms with Crippen molar-refractivity contribution in [2.45, 2.75) is 39.5 Å². The number of benzene rings is 2. The average molecular weight is 359 g/mol. The highest BCUT2D eigenvalue weighted by atomic mass is 14.9. The number of hydrogen-bond donors (Lipinski definition) is 0. The molecule has 1 aromatic heterocycles. The van der Waals surface area contributed by atoms with E-state index in [4.69, 9.17) is 2.74 Å². The van der Waals surface area contributed by atoms with E-state index in [0.29, 0.717) is 5.92 Å². The van der Waals surface area contributed by atoms with Crippen LogP contribution in [0.15, 0.2) is 66.9 Å². The van der Waals surface area contributed by atoms with Crippen molar-refractivity contribution in [3.63, 3.8) is 0 Å². The van der Waals surface area contributed by atoms with Gasteiger partial charge in [0.25, 0.3) is 0 Å². The average Bonchev–Trinajstić information content (AvgIpc) is 3.16. The van der Waals surface area contributed by atoms with E-state index in [-0.39, 0.29) is 5.92 Å². The summed E-state index contributed by atoms with van der Waals surface area (Å²) in [6, 6.07) is 20.8. The van der Waals surface area contributed by atoms with Gasteiger partial charge in [0, 0.05) is 19.9 Å². The Balaban J connectivity index is 1.67. The molecule has 3 aromatic rings. The topological polar surface area (TPSA) is 3.88 Å². The Hall–Kier alpha value is -2.41. The first-order valence-electron chi connectivity index (χ1n) is 11.0. The molecule has 1 saturated carbocycles. The third kappa shape index (κ3) is 3.98. The fourth-order valence-electron chi connectivity index (χ4n) is 4.28. The van der Waals surface area contributed by atoms with E-state index < -0.39 is 6.37 Å². The molecule has 2 aromatic carbocycles. The Morgan fingerprint density at radius 3 is 2.59 bits per heavy atom. The Morgan fingerprint density at radius 2 is 1.85 bits per heavy atom. The summed E-state index contributed by atoms with van der Waals surface area (Å²) in [7, 11) is 2.08. The Morgan fingerprint density at radius 1 is 1.00 bits per heavy atom. The van der Waals surface area contributed by atoms with Crippen LogP contribution < -0.4 is 4.57 Å². The molecule has 0 aliphatic heterocycles. The molecule has 138 valence electrons. The molecule has 1 aliphatic rings. The van der Waals surface area contributed by atoms with Crippen LogP contribution in [-0.4, -0.2) is 0 Å².